The third-order valence-corrected chi connectivity index (χ3v) is 2.77. The minimum atomic E-state index is -0.791. The Morgan fingerprint density at radius 2 is 1.67 bits per heavy atom. The molecule has 0 aliphatic rings. The molecule has 0 radical (unpaired) electrons. The fourth-order valence-electron chi connectivity index (χ4n) is 1.54. The van der Waals surface area contributed by atoms with E-state index < -0.39 is 23.7 Å². The largest absolute Gasteiger partial charge is 0.370 e. The third kappa shape index (κ3) is 6.78. The van der Waals surface area contributed by atoms with Gasteiger partial charge in [-0.3, -0.25) is 14.4 Å². The van der Waals surface area contributed by atoms with Crippen LogP contribution in [0, 0.1) is 11.8 Å². The van der Waals surface area contributed by atoms with Crippen LogP contribution in [0.25, 0.3) is 0 Å². The molecule has 0 aromatic carbocycles. The molecule has 6 heteroatoms. The van der Waals surface area contributed by atoms with Crippen molar-refractivity contribution in [1.82, 2.24) is 0 Å². The third-order valence-electron chi connectivity index (χ3n) is 2.77. The Hall–Kier alpha value is -1.72. The number of carbonyl (C=O) groups excluding carboxylic acids is 4. The molecule has 4 N–H and O–H groups in total. The summed E-state index contributed by atoms with van der Waals surface area (Å²) in [7, 11) is 0. The monoisotopic (exact) mass is 256 g/mol. The number of ketones is 1. The fourth-order valence-corrected chi connectivity index (χ4v) is 1.54. The maximum Gasteiger partial charge on any atom is 0.220 e. The maximum absolute atomic E-state index is 11.7. The summed E-state index contributed by atoms with van der Waals surface area (Å²) in [6.45, 7) is 1.58. The summed E-state index contributed by atoms with van der Waals surface area (Å²) in [5, 5.41) is 0. The molecule has 2 atom stereocenters. The molecule has 0 bridgehead atoms. The molecular formula is C12H20N2O4. The van der Waals surface area contributed by atoms with Gasteiger partial charge in [0.05, 0.1) is 5.92 Å². The molecule has 0 spiro atoms. The second-order valence-corrected chi connectivity index (χ2v) is 4.42. The second kappa shape index (κ2) is 8.38. The van der Waals surface area contributed by atoms with Gasteiger partial charge in [0.25, 0.3) is 0 Å². The number of aldehydes is 1. The van der Waals surface area contributed by atoms with Crippen LogP contribution in [0.5, 0.6) is 0 Å². The van der Waals surface area contributed by atoms with E-state index in [0.717, 1.165) is 0 Å². The minimum absolute atomic E-state index is 0.146. The number of carbonyl (C=O) groups is 4. The highest BCUT2D eigenvalue weighted by atomic mass is 16.2. The molecule has 0 heterocycles. The lowest BCUT2D eigenvalue weighted by Gasteiger charge is -2.12. The Morgan fingerprint density at radius 3 is 2.11 bits per heavy atom. The summed E-state index contributed by atoms with van der Waals surface area (Å²) in [5.74, 6) is -2.45. The van der Waals surface area contributed by atoms with Gasteiger partial charge in [-0.15, -0.1) is 0 Å². The lowest BCUT2D eigenvalue weighted by Crippen LogP contribution is -2.26. The van der Waals surface area contributed by atoms with Gasteiger partial charge in [0.15, 0.2) is 0 Å². The molecule has 0 rings (SSSR count). The van der Waals surface area contributed by atoms with Crippen molar-refractivity contribution >= 4 is 23.9 Å². The number of amides is 2. The topological polar surface area (TPSA) is 120 Å². The fraction of sp³-hybridized carbons (Fsp3) is 0.667. The van der Waals surface area contributed by atoms with Gasteiger partial charge in [0.1, 0.15) is 12.1 Å². The van der Waals surface area contributed by atoms with E-state index in [4.69, 9.17) is 11.5 Å². The Bertz CT molecular complexity index is 328. The summed E-state index contributed by atoms with van der Waals surface area (Å²) in [6.07, 6.45) is 2.18. The predicted octanol–water partition coefficient (Wildman–Crippen LogP) is -0.0722. The Labute approximate surface area is 106 Å². The van der Waals surface area contributed by atoms with Crippen LogP contribution >= 0.6 is 0 Å². The Morgan fingerprint density at radius 1 is 1.11 bits per heavy atom. The van der Waals surface area contributed by atoms with Gasteiger partial charge in [-0.1, -0.05) is 6.92 Å². The maximum atomic E-state index is 11.7. The molecule has 0 aromatic heterocycles. The average molecular weight is 256 g/mol. The highest BCUT2D eigenvalue weighted by Crippen LogP contribution is 2.14. The second-order valence-electron chi connectivity index (χ2n) is 4.42. The zero-order valence-electron chi connectivity index (χ0n) is 10.6. The summed E-state index contributed by atoms with van der Waals surface area (Å²) < 4.78 is 0. The molecular weight excluding hydrogens is 236 g/mol. The van der Waals surface area contributed by atoms with Crippen molar-refractivity contribution in [3.8, 4) is 0 Å². The SMILES string of the molecule is CC(CC(C=O)C(=O)CCCCC(N)=O)C(N)=O. The number of hydrogen-bond acceptors (Lipinski definition) is 4. The van der Waals surface area contributed by atoms with Crippen molar-refractivity contribution in [2.24, 2.45) is 23.3 Å². The lowest BCUT2D eigenvalue weighted by molar-refractivity contribution is -0.129. The van der Waals surface area contributed by atoms with Crippen LogP contribution < -0.4 is 11.5 Å². The van der Waals surface area contributed by atoms with E-state index in [1.807, 2.05) is 0 Å². The highest BCUT2D eigenvalue weighted by Gasteiger charge is 2.22. The van der Waals surface area contributed by atoms with Crippen LogP contribution in [0.15, 0.2) is 0 Å². The zero-order chi connectivity index (χ0) is 14.1. The van der Waals surface area contributed by atoms with E-state index in [1.165, 1.54) is 0 Å². The van der Waals surface area contributed by atoms with Crippen molar-refractivity contribution in [1.29, 1.82) is 0 Å². The predicted molar refractivity (Wildman–Crippen MR) is 65.2 cm³/mol. The van der Waals surface area contributed by atoms with Gasteiger partial charge in [0.2, 0.25) is 11.8 Å². The number of primary amides is 2. The van der Waals surface area contributed by atoms with Crippen molar-refractivity contribution in [2.45, 2.75) is 39.0 Å². The first-order valence-electron chi connectivity index (χ1n) is 5.94. The first-order chi connectivity index (χ1) is 8.38. The minimum Gasteiger partial charge on any atom is -0.370 e. The van der Waals surface area contributed by atoms with E-state index >= 15 is 0 Å². The van der Waals surface area contributed by atoms with Crippen LogP contribution in [0.1, 0.15) is 39.0 Å². The molecule has 0 saturated carbocycles. The summed E-state index contributed by atoms with van der Waals surface area (Å²) in [4.78, 5) is 43.8. The number of rotatable bonds is 10. The molecule has 0 saturated heterocycles. The number of Topliss-reactive ketones (excluding diaryl/α,β-unsaturated/α-hetero) is 1. The lowest BCUT2D eigenvalue weighted by atomic mass is 9.90. The summed E-state index contributed by atoms with van der Waals surface area (Å²) >= 11 is 0. The molecule has 0 aliphatic heterocycles. The molecule has 0 aromatic rings. The van der Waals surface area contributed by atoms with Gasteiger partial charge in [-0.25, -0.2) is 0 Å². The normalized spacial score (nSPS) is 13.6. The van der Waals surface area contributed by atoms with Crippen molar-refractivity contribution in [2.75, 3.05) is 0 Å². The van der Waals surface area contributed by atoms with Gasteiger partial charge >= 0.3 is 0 Å². The van der Waals surface area contributed by atoms with Gasteiger partial charge in [-0.2, -0.15) is 0 Å². The van der Waals surface area contributed by atoms with Gasteiger partial charge in [-0.05, 0) is 19.3 Å². The van der Waals surface area contributed by atoms with Crippen LogP contribution in [0.2, 0.25) is 0 Å². The molecule has 0 aliphatic carbocycles. The number of unbranched alkanes of at least 4 members (excludes halogenated alkanes) is 1. The molecule has 2 amide bonds. The smallest absolute Gasteiger partial charge is 0.220 e. The summed E-state index contributed by atoms with van der Waals surface area (Å²) in [5.41, 5.74) is 10.0. The zero-order valence-corrected chi connectivity index (χ0v) is 10.6. The van der Waals surface area contributed by atoms with Crippen molar-refractivity contribution in [3.63, 3.8) is 0 Å². The quantitative estimate of drug-likeness (QED) is 0.323. The van der Waals surface area contributed by atoms with E-state index in [0.29, 0.717) is 19.1 Å². The Kier molecular flexibility index (Phi) is 7.58. The number of hydrogen-bond donors (Lipinski definition) is 2. The van der Waals surface area contributed by atoms with Crippen molar-refractivity contribution in [3.05, 3.63) is 0 Å². The summed E-state index contributed by atoms with van der Waals surface area (Å²) in [6, 6.07) is 0. The molecule has 0 fully saturated rings. The number of nitrogens with two attached hydrogens (primary N) is 2. The van der Waals surface area contributed by atoms with Crippen LogP contribution in [-0.2, 0) is 19.2 Å². The first-order valence-corrected chi connectivity index (χ1v) is 5.94. The van der Waals surface area contributed by atoms with E-state index in [1.54, 1.807) is 6.92 Å². The highest BCUT2D eigenvalue weighted by molar-refractivity contribution is 5.93. The Balaban J connectivity index is 4.07. The van der Waals surface area contributed by atoms with E-state index in [9.17, 15) is 19.2 Å². The average Bonchev–Trinajstić information content (AvgIpc) is 2.30. The molecule has 6 nitrogen and oxygen atoms in total. The van der Waals surface area contributed by atoms with Gasteiger partial charge < -0.3 is 16.3 Å². The van der Waals surface area contributed by atoms with Crippen LogP contribution in [0.4, 0.5) is 0 Å². The van der Waals surface area contributed by atoms with Crippen LogP contribution in [0.3, 0.4) is 0 Å². The van der Waals surface area contributed by atoms with E-state index in [2.05, 4.69) is 0 Å². The molecule has 18 heavy (non-hydrogen) atoms. The van der Waals surface area contributed by atoms with Crippen molar-refractivity contribution < 1.29 is 19.2 Å². The van der Waals surface area contributed by atoms with E-state index in [-0.39, 0.29) is 25.0 Å². The molecule has 2 unspecified atom stereocenters. The standard InChI is InChI=1S/C12H20N2O4/c1-8(12(14)18)6-9(7-15)10(16)4-2-3-5-11(13)17/h7-9H,2-6H2,1H3,(H2,13,17)(H2,14,18). The van der Waals surface area contributed by atoms with Crippen LogP contribution in [-0.4, -0.2) is 23.9 Å². The first kappa shape index (κ1) is 16.3. The molecule has 102 valence electrons. The van der Waals surface area contributed by atoms with Gasteiger partial charge in [0, 0.05) is 18.8 Å².